The van der Waals surface area contributed by atoms with E-state index in [-0.39, 0.29) is 10.4 Å². The van der Waals surface area contributed by atoms with Crippen LogP contribution in [0.3, 0.4) is 0 Å². The first kappa shape index (κ1) is 14.2. The average molecular weight is 293 g/mol. The maximum absolute atomic E-state index is 13.7. The molecule has 0 aliphatic heterocycles. The topological polar surface area (TPSA) is 55.4 Å². The van der Waals surface area contributed by atoms with E-state index in [1.165, 1.54) is 19.2 Å². The summed E-state index contributed by atoms with van der Waals surface area (Å²) in [6.07, 6.45) is 0. The molecule has 6 heteroatoms. The van der Waals surface area contributed by atoms with E-state index < -0.39 is 17.7 Å². The summed E-state index contributed by atoms with van der Waals surface area (Å²) in [5.41, 5.74) is 0.967. The Kier molecular flexibility index (Phi) is 4.14. The molecule has 0 radical (unpaired) electrons. The quantitative estimate of drug-likeness (QED) is 0.884. The predicted octanol–water partition coefficient (Wildman–Crippen LogP) is 3.23. The van der Waals surface area contributed by atoms with Crippen molar-refractivity contribution in [1.82, 2.24) is 0 Å². The third-order valence-corrected chi connectivity index (χ3v) is 3.55. The van der Waals surface area contributed by atoms with Gasteiger partial charge in [0.05, 0.1) is 18.4 Å². The van der Waals surface area contributed by atoms with E-state index in [4.69, 9.17) is 0 Å². The summed E-state index contributed by atoms with van der Waals surface area (Å²) in [6.45, 7) is 1.74. The Labute approximate surface area is 119 Å². The van der Waals surface area contributed by atoms with E-state index in [2.05, 4.69) is 10.1 Å². The number of halogens is 1. The highest BCUT2D eigenvalue weighted by Crippen LogP contribution is 2.24. The number of anilines is 1. The molecule has 0 saturated carbocycles. The molecule has 1 heterocycles. The minimum Gasteiger partial charge on any atom is -0.465 e. The molecule has 0 fully saturated rings. The second-order valence-electron chi connectivity index (χ2n) is 4.09. The van der Waals surface area contributed by atoms with Crippen LogP contribution in [-0.2, 0) is 4.74 Å². The Hall–Kier alpha value is -2.21. The number of amides is 1. The van der Waals surface area contributed by atoms with Crippen molar-refractivity contribution in [1.29, 1.82) is 0 Å². The number of carbonyl (C=O) groups is 2. The number of thiophene rings is 1. The van der Waals surface area contributed by atoms with Gasteiger partial charge < -0.3 is 10.1 Å². The molecule has 0 unspecified atom stereocenters. The minimum absolute atomic E-state index is 0.0717. The van der Waals surface area contributed by atoms with E-state index >= 15 is 0 Å². The van der Waals surface area contributed by atoms with Gasteiger partial charge in [-0.3, -0.25) is 4.79 Å². The van der Waals surface area contributed by atoms with Crippen molar-refractivity contribution in [2.45, 2.75) is 6.92 Å². The van der Waals surface area contributed by atoms with Gasteiger partial charge in [0, 0.05) is 0 Å². The van der Waals surface area contributed by atoms with Gasteiger partial charge >= 0.3 is 5.97 Å². The molecular formula is C14H12FNO3S. The van der Waals surface area contributed by atoms with Crippen LogP contribution in [0.15, 0.2) is 29.6 Å². The maximum atomic E-state index is 13.7. The van der Waals surface area contributed by atoms with Crippen LogP contribution in [0.5, 0.6) is 0 Å². The summed E-state index contributed by atoms with van der Waals surface area (Å²) >= 11 is 1.14. The summed E-state index contributed by atoms with van der Waals surface area (Å²) in [5.74, 6) is -1.75. The first-order chi connectivity index (χ1) is 9.52. The zero-order valence-corrected chi connectivity index (χ0v) is 11.7. The highest BCUT2D eigenvalue weighted by molar-refractivity contribution is 7.12. The number of rotatable bonds is 3. The number of methoxy groups -OCH3 is 1. The van der Waals surface area contributed by atoms with Gasteiger partial charge in [0.25, 0.3) is 5.91 Å². The molecule has 0 spiro atoms. The summed E-state index contributed by atoms with van der Waals surface area (Å²) in [5, 5.41) is 4.16. The smallest absolute Gasteiger partial charge is 0.350 e. The van der Waals surface area contributed by atoms with Crippen molar-refractivity contribution in [2.24, 2.45) is 0 Å². The molecule has 0 aliphatic rings. The predicted molar refractivity (Wildman–Crippen MR) is 74.7 cm³/mol. The molecular weight excluding hydrogens is 281 g/mol. The van der Waals surface area contributed by atoms with Crippen molar-refractivity contribution in [3.05, 3.63) is 51.5 Å². The highest BCUT2D eigenvalue weighted by Gasteiger charge is 2.18. The van der Waals surface area contributed by atoms with Gasteiger partial charge in [0.15, 0.2) is 0 Å². The molecule has 20 heavy (non-hydrogen) atoms. The number of nitrogens with one attached hydrogen (secondary N) is 1. The van der Waals surface area contributed by atoms with Gasteiger partial charge in [-0.15, -0.1) is 11.3 Å². The second kappa shape index (κ2) is 5.83. The monoisotopic (exact) mass is 293 g/mol. The van der Waals surface area contributed by atoms with Gasteiger partial charge in [0.2, 0.25) is 0 Å². The first-order valence-corrected chi connectivity index (χ1v) is 6.64. The van der Waals surface area contributed by atoms with E-state index in [9.17, 15) is 14.0 Å². The van der Waals surface area contributed by atoms with Crippen LogP contribution in [0.25, 0.3) is 0 Å². The number of benzene rings is 1. The number of ether oxygens (including phenoxy) is 1. The first-order valence-electron chi connectivity index (χ1n) is 5.76. The summed E-state index contributed by atoms with van der Waals surface area (Å²) < 4.78 is 18.3. The number of aryl methyl sites for hydroxylation is 1. The fraction of sp³-hybridized carbons (Fsp3) is 0.143. The summed E-state index contributed by atoms with van der Waals surface area (Å²) in [6, 6.07) is 5.90. The van der Waals surface area contributed by atoms with Crippen LogP contribution in [0.4, 0.5) is 10.1 Å². The number of hydrogen-bond donors (Lipinski definition) is 1. The van der Waals surface area contributed by atoms with Gasteiger partial charge in [-0.1, -0.05) is 6.07 Å². The van der Waals surface area contributed by atoms with Crippen LogP contribution in [0.2, 0.25) is 0 Å². The molecule has 2 rings (SSSR count). The number of carbonyl (C=O) groups excluding carboxylic acids is 2. The van der Waals surface area contributed by atoms with Crippen molar-refractivity contribution in [3.63, 3.8) is 0 Å². The molecule has 1 aromatic heterocycles. The summed E-state index contributed by atoms with van der Waals surface area (Å²) in [4.78, 5) is 23.8. The van der Waals surface area contributed by atoms with Crippen molar-refractivity contribution in [3.8, 4) is 0 Å². The molecule has 0 aliphatic carbocycles. The Bertz CT molecular complexity index is 666. The lowest BCUT2D eigenvalue weighted by molar-refractivity contribution is 0.0607. The lowest BCUT2D eigenvalue weighted by atomic mass is 10.1. The molecule has 104 valence electrons. The number of hydrogen-bond acceptors (Lipinski definition) is 4. The van der Waals surface area contributed by atoms with Crippen molar-refractivity contribution in [2.75, 3.05) is 12.4 Å². The van der Waals surface area contributed by atoms with Crippen molar-refractivity contribution < 1.29 is 18.7 Å². The normalized spacial score (nSPS) is 10.2. The van der Waals surface area contributed by atoms with Gasteiger partial charge in [-0.2, -0.15) is 0 Å². The standard InChI is InChI=1S/C14H12FNO3S/c1-8-3-4-9(10(15)7-8)13(17)16-11-5-6-20-12(11)14(18)19-2/h3-7H,1-2H3,(H,16,17). The molecule has 0 atom stereocenters. The number of esters is 1. The Morgan fingerprint density at radius 3 is 2.70 bits per heavy atom. The van der Waals surface area contributed by atoms with Gasteiger partial charge in [-0.25, -0.2) is 9.18 Å². The lowest BCUT2D eigenvalue weighted by Crippen LogP contribution is -2.15. The Morgan fingerprint density at radius 1 is 1.30 bits per heavy atom. The van der Waals surface area contributed by atoms with Gasteiger partial charge in [0.1, 0.15) is 10.7 Å². The molecule has 0 bridgehead atoms. The third kappa shape index (κ3) is 2.85. The fourth-order valence-electron chi connectivity index (χ4n) is 1.65. The van der Waals surface area contributed by atoms with E-state index in [0.717, 1.165) is 16.9 Å². The van der Waals surface area contributed by atoms with Crippen molar-refractivity contribution >= 4 is 28.9 Å². The van der Waals surface area contributed by atoms with Crippen LogP contribution in [0.1, 0.15) is 25.6 Å². The molecule has 1 N–H and O–H groups in total. The minimum atomic E-state index is -0.606. The lowest BCUT2D eigenvalue weighted by Gasteiger charge is -2.07. The molecule has 1 amide bonds. The maximum Gasteiger partial charge on any atom is 0.350 e. The zero-order valence-electron chi connectivity index (χ0n) is 10.9. The zero-order chi connectivity index (χ0) is 14.7. The van der Waals surface area contributed by atoms with Crippen LogP contribution < -0.4 is 5.32 Å². The third-order valence-electron chi connectivity index (χ3n) is 2.65. The van der Waals surface area contributed by atoms with Gasteiger partial charge in [-0.05, 0) is 36.1 Å². The molecule has 4 nitrogen and oxygen atoms in total. The summed E-state index contributed by atoms with van der Waals surface area (Å²) in [7, 11) is 1.26. The largest absolute Gasteiger partial charge is 0.465 e. The fourth-order valence-corrected chi connectivity index (χ4v) is 2.42. The van der Waals surface area contributed by atoms with Crippen LogP contribution in [0, 0.1) is 12.7 Å². The Balaban J connectivity index is 2.24. The molecule has 2 aromatic rings. The highest BCUT2D eigenvalue weighted by atomic mass is 32.1. The average Bonchev–Trinajstić information content (AvgIpc) is 2.85. The molecule has 1 aromatic carbocycles. The van der Waals surface area contributed by atoms with Crippen LogP contribution in [-0.4, -0.2) is 19.0 Å². The van der Waals surface area contributed by atoms with Crippen LogP contribution >= 0.6 is 11.3 Å². The Morgan fingerprint density at radius 2 is 2.05 bits per heavy atom. The molecule has 0 saturated heterocycles. The van der Waals surface area contributed by atoms with E-state index in [1.54, 1.807) is 24.4 Å². The SMILES string of the molecule is COC(=O)c1sccc1NC(=O)c1ccc(C)cc1F. The van der Waals surface area contributed by atoms with E-state index in [0.29, 0.717) is 5.69 Å². The van der Waals surface area contributed by atoms with E-state index in [1.807, 2.05) is 0 Å². The second-order valence-corrected chi connectivity index (χ2v) is 5.01.